The van der Waals surface area contributed by atoms with Gasteiger partial charge in [-0.2, -0.15) is 0 Å². The van der Waals surface area contributed by atoms with Gasteiger partial charge in [0.2, 0.25) is 0 Å². The standard InChI is InChI=1S/C16H21BrN2/c1-12(2)16(18-3)14-8-9-19(11-14)10-13-6-4-5-7-15(13)17/h4-9,11-12,16,18H,10H2,1-3H3. The minimum atomic E-state index is 0.417. The Morgan fingerprint density at radius 1 is 1.21 bits per heavy atom. The van der Waals surface area contributed by atoms with E-state index < -0.39 is 0 Å². The largest absolute Gasteiger partial charge is 0.350 e. The van der Waals surface area contributed by atoms with Gasteiger partial charge in [-0.25, -0.2) is 0 Å². The highest BCUT2D eigenvalue weighted by molar-refractivity contribution is 9.10. The summed E-state index contributed by atoms with van der Waals surface area (Å²) >= 11 is 3.60. The number of aromatic nitrogens is 1. The predicted octanol–water partition coefficient (Wildman–Crippen LogP) is 4.22. The summed E-state index contributed by atoms with van der Waals surface area (Å²) in [5, 5.41) is 3.38. The smallest absolute Gasteiger partial charge is 0.0481 e. The first-order valence-corrected chi connectivity index (χ1v) is 7.47. The maximum absolute atomic E-state index is 3.60. The lowest BCUT2D eigenvalue weighted by molar-refractivity contribution is 0.443. The van der Waals surface area contributed by atoms with Gasteiger partial charge in [0.25, 0.3) is 0 Å². The van der Waals surface area contributed by atoms with E-state index in [1.807, 2.05) is 13.1 Å². The number of hydrogen-bond acceptors (Lipinski definition) is 1. The third-order valence-corrected chi connectivity index (χ3v) is 4.19. The summed E-state index contributed by atoms with van der Waals surface area (Å²) in [6.45, 7) is 5.38. The Morgan fingerprint density at radius 2 is 1.95 bits per heavy atom. The quantitative estimate of drug-likeness (QED) is 0.873. The van der Waals surface area contributed by atoms with Crippen LogP contribution in [-0.4, -0.2) is 11.6 Å². The van der Waals surface area contributed by atoms with E-state index in [0.717, 1.165) is 6.54 Å². The molecule has 1 heterocycles. The average Bonchev–Trinajstić information content (AvgIpc) is 2.81. The van der Waals surface area contributed by atoms with Gasteiger partial charge in [-0.15, -0.1) is 0 Å². The molecule has 0 aliphatic heterocycles. The van der Waals surface area contributed by atoms with Crippen LogP contribution in [0.4, 0.5) is 0 Å². The lowest BCUT2D eigenvalue weighted by Gasteiger charge is -2.18. The van der Waals surface area contributed by atoms with Gasteiger partial charge < -0.3 is 9.88 Å². The Labute approximate surface area is 124 Å². The summed E-state index contributed by atoms with van der Waals surface area (Å²) in [6, 6.07) is 11.0. The van der Waals surface area contributed by atoms with E-state index in [1.165, 1.54) is 15.6 Å². The van der Waals surface area contributed by atoms with E-state index in [-0.39, 0.29) is 0 Å². The molecular formula is C16H21BrN2. The number of benzene rings is 1. The lowest BCUT2D eigenvalue weighted by Crippen LogP contribution is -2.21. The molecule has 2 rings (SSSR count). The van der Waals surface area contributed by atoms with Crippen molar-refractivity contribution in [2.45, 2.75) is 26.4 Å². The molecule has 0 aliphatic rings. The van der Waals surface area contributed by atoms with Crippen molar-refractivity contribution in [3.8, 4) is 0 Å². The Balaban J connectivity index is 2.16. The molecule has 0 saturated heterocycles. The average molecular weight is 321 g/mol. The van der Waals surface area contributed by atoms with E-state index in [9.17, 15) is 0 Å². The van der Waals surface area contributed by atoms with Crippen molar-refractivity contribution in [2.24, 2.45) is 5.92 Å². The molecule has 0 spiro atoms. The van der Waals surface area contributed by atoms with Crippen molar-refractivity contribution < 1.29 is 0 Å². The highest BCUT2D eigenvalue weighted by atomic mass is 79.9. The second-order valence-electron chi connectivity index (χ2n) is 5.22. The molecule has 19 heavy (non-hydrogen) atoms. The molecule has 102 valence electrons. The maximum atomic E-state index is 3.60. The third kappa shape index (κ3) is 3.48. The molecule has 1 N–H and O–H groups in total. The molecule has 1 unspecified atom stereocenters. The van der Waals surface area contributed by atoms with E-state index in [4.69, 9.17) is 0 Å². The molecule has 0 saturated carbocycles. The van der Waals surface area contributed by atoms with Gasteiger partial charge in [0.05, 0.1) is 0 Å². The number of rotatable bonds is 5. The molecule has 3 heteroatoms. The molecule has 0 amide bonds. The monoisotopic (exact) mass is 320 g/mol. The molecular weight excluding hydrogens is 300 g/mol. The van der Waals surface area contributed by atoms with E-state index in [2.05, 4.69) is 76.3 Å². The minimum Gasteiger partial charge on any atom is -0.350 e. The van der Waals surface area contributed by atoms with Crippen LogP contribution in [0, 0.1) is 5.92 Å². The first-order chi connectivity index (χ1) is 9.11. The van der Waals surface area contributed by atoms with Crippen molar-refractivity contribution in [3.63, 3.8) is 0 Å². The zero-order chi connectivity index (χ0) is 13.8. The van der Waals surface area contributed by atoms with Gasteiger partial charge in [-0.3, -0.25) is 0 Å². The number of nitrogens with one attached hydrogen (secondary N) is 1. The summed E-state index contributed by atoms with van der Waals surface area (Å²) in [6.07, 6.45) is 4.39. The van der Waals surface area contributed by atoms with Gasteiger partial charge in [0, 0.05) is 29.5 Å². The van der Waals surface area contributed by atoms with Gasteiger partial charge >= 0.3 is 0 Å². The van der Waals surface area contributed by atoms with Crippen molar-refractivity contribution in [1.29, 1.82) is 0 Å². The van der Waals surface area contributed by atoms with E-state index >= 15 is 0 Å². The second-order valence-corrected chi connectivity index (χ2v) is 6.07. The fraction of sp³-hybridized carbons (Fsp3) is 0.375. The van der Waals surface area contributed by atoms with Crippen molar-refractivity contribution in [1.82, 2.24) is 9.88 Å². The molecule has 1 atom stereocenters. The Bertz CT molecular complexity index is 531. The van der Waals surface area contributed by atoms with Gasteiger partial charge in [0.1, 0.15) is 0 Å². The fourth-order valence-electron chi connectivity index (χ4n) is 2.45. The summed E-state index contributed by atoms with van der Waals surface area (Å²) in [4.78, 5) is 0. The minimum absolute atomic E-state index is 0.417. The molecule has 2 nitrogen and oxygen atoms in total. The fourth-order valence-corrected chi connectivity index (χ4v) is 2.86. The number of hydrogen-bond donors (Lipinski definition) is 1. The molecule has 0 fully saturated rings. The van der Waals surface area contributed by atoms with Crippen LogP contribution in [0.1, 0.15) is 31.0 Å². The molecule has 0 radical (unpaired) electrons. The highest BCUT2D eigenvalue weighted by Gasteiger charge is 2.14. The summed E-state index contributed by atoms with van der Waals surface area (Å²) in [5.41, 5.74) is 2.65. The van der Waals surface area contributed by atoms with Crippen LogP contribution < -0.4 is 5.32 Å². The summed E-state index contributed by atoms with van der Waals surface area (Å²) in [7, 11) is 2.02. The molecule has 2 aromatic rings. The van der Waals surface area contributed by atoms with Crippen molar-refractivity contribution in [2.75, 3.05) is 7.05 Å². The van der Waals surface area contributed by atoms with E-state index in [1.54, 1.807) is 0 Å². The van der Waals surface area contributed by atoms with Gasteiger partial charge in [0.15, 0.2) is 0 Å². The van der Waals surface area contributed by atoms with Gasteiger partial charge in [-0.05, 0) is 36.2 Å². The maximum Gasteiger partial charge on any atom is 0.0481 e. The van der Waals surface area contributed by atoms with Crippen LogP contribution in [0.2, 0.25) is 0 Å². The molecule has 0 aliphatic carbocycles. The zero-order valence-corrected chi connectivity index (χ0v) is 13.3. The predicted molar refractivity (Wildman–Crippen MR) is 84.3 cm³/mol. The SMILES string of the molecule is CNC(c1ccn(Cc2ccccc2Br)c1)C(C)C. The van der Waals surface area contributed by atoms with Gasteiger partial charge in [-0.1, -0.05) is 48.0 Å². The molecule has 1 aromatic heterocycles. The molecule has 0 bridgehead atoms. The number of halogens is 1. The lowest BCUT2D eigenvalue weighted by atomic mass is 9.99. The zero-order valence-electron chi connectivity index (χ0n) is 11.7. The van der Waals surface area contributed by atoms with Crippen LogP contribution >= 0.6 is 15.9 Å². The summed E-state index contributed by atoms with van der Waals surface area (Å²) in [5.74, 6) is 0.587. The summed E-state index contributed by atoms with van der Waals surface area (Å²) < 4.78 is 3.40. The van der Waals surface area contributed by atoms with Crippen LogP contribution in [0.15, 0.2) is 47.2 Å². The topological polar surface area (TPSA) is 17.0 Å². The van der Waals surface area contributed by atoms with Crippen molar-refractivity contribution in [3.05, 3.63) is 58.3 Å². The Morgan fingerprint density at radius 3 is 2.58 bits per heavy atom. The van der Waals surface area contributed by atoms with Crippen LogP contribution in [0.5, 0.6) is 0 Å². The Kier molecular flexibility index (Phi) is 4.83. The van der Waals surface area contributed by atoms with Crippen LogP contribution in [0.3, 0.4) is 0 Å². The van der Waals surface area contributed by atoms with Crippen LogP contribution in [0.25, 0.3) is 0 Å². The van der Waals surface area contributed by atoms with Crippen molar-refractivity contribution >= 4 is 15.9 Å². The Hall–Kier alpha value is -1.06. The first-order valence-electron chi connectivity index (χ1n) is 6.68. The van der Waals surface area contributed by atoms with E-state index in [0.29, 0.717) is 12.0 Å². The highest BCUT2D eigenvalue weighted by Crippen LogP contribution is 2.23. The normalized spacial score (nSPS) is 12.9. The first kappa shape index (κ1) is 14.4. The third-order valence-electron chi connectivity index (χ3n) is 3.42. The molecule has 1 aromatic carbocycles. The number of nitrogens with zero attached hydrogens (tertiary/aromatic N) is 1. The van der Waals surface area contributed by atoms with Crippen LogP contribution in [-0.2, 0) is 6.54 Å². The second kappa shape index (κ2) is 6.40.